The average Bonchev–Trinajstić information content (AvgIpc) is 2.39. The first kappa shape index (κ1) is 12.5. The van der Waals surface area contributed by atoms with Gasteiger partial charge in [0.15, 0.2) is 0 Å². The molecule has 0 aliphatic heterocycles. The van der Waals surface area contributed by atoms with E-state index in [9.17, 15) is 0 Å². The Bertz CT molecular complexity index is 749. The summed E-state index contributed by atoms with van der Waals surface area (Å²) in [6.45, 7) is 3.87. The van der Waals surface area contributed by atoms with Gasteiger partial charge in [0.05, 0.1) is 21.3 Å². The zero-order chi connectivity index (χ0) is 13.4. The molecule has 1 radical (unpaired) electrons. The first-order valence-electron chi connectivity index (χ1n) is 5.82. The molecule has 0 fully saturated rings. The van der Waals surface area contributed by atoms with Crippen LogP contribution in [0.5, 0.6) is 0 Å². The number of hydrogen-bond donors (Lipinski definition) is 0. The molecule has 0 spiro atoms. The molecule has 0 aliphatic rings. The van der Waals surface area contributed by atoms with Crippen LogP contribution in [0.2, 0.25) is 10.0 Å². The van der Waals surface area contributed by atoms with Gasteiger partial charge in [-0.2, -0.15) is 0 Å². The zero-order valence-electron chi connectivity index (χ0n) is 10.0. The van der Waals surface area contributed by atoms with Crippen molar-refractivity contribution in [3.8, 4) is 11.3 Å². The summed E-state index contributed by atoms with van der Waals surface area (Å²) in [5.74, 6) is 0. The van der Waals surface area contributed by atoms with Crippen LogP contribution in [0.3, 0.4) is 0 Å². The summed E-state index contributed by atoms with van der Waals surface area (Å²) in [7, 11) is 0. The maximum atomic E-state index is 6.31. The van der Waals surface area contributed by atoms with Crippen LogP contribution in [-0.4, -0.2) is 4.98 Å². The molecule has 0 bridgehead atoms. The van der Waals surface area contributed by atoms with Crippen LogP contribution in [0.1, 0.15) is 5.56 Å². The van der Waals surface area contributed by atoms with Crippen LogP contribution < -0.4 is 0 Å². The molecule has 1 aromatic heterocycles. The first-order chi connectivity index (χ1) is 9.15. The van der Waals surface area contributed by atoms with E-state index >= 15 is 0 Å². The minimum Gasteiger partial charge on any atom is -0.248 e. The minimum absolute atomic E-state index is 0.615. The summed E-state index contributed by atoms with van der Waals surface area (Å²) in [5, 5.41) is 2.03. The van der Waals surface area contributed by atoms with Gasteiger partial charge in [-0.05, 0) is 30.7 Å². The predicted molar refractivity (Wildman–Crippen MR) is 81.7 cm³/mol. The van der Waals surface area contributed by atoms with E-state index in [1.54, 1.807) is 0 Å². The van der Waals surface area contributed by atoms with Crippen LogP contribution in [0.25, 0.3) is 22.2 Å². The van der Waals surface area contributed by atoms with Crippen molar-refractivity contribution in [3.63, 3.8) is 0 Å². The Morgan fingerprint density at radius 2 is 1.63 bits per heavy atom. The van der Waals surface area contributed by atoms with Crippen LogP contribution in [0, 0.1) is 6.92 Å². The van der Waals surface area contributed by atoms with E-state index in [1.807, 2.05) is 48.5 Å². The highest BCUT2D eigenvalue weighted by molar-refractivity contribution is 6.42. The lowest BCUT2D eigenvalue weighted by molar-refractivity contribution is 1.39. The van der Waals surface area contributed by atoms with E-state index in [2.05, 4.69) is 11.9 Å². The van der Waals surface area contributed by atoms with Crippen molar-refractivity contribution in [2.45, 2.75) is 0 Å². The van der Waals surface area contributed by atoms with Gasteiger partial charge in [0.1, 0.15) is 0 Å². The highest BCUT2D eigenvalue weighted by atomic mass is 35.5. The van der Waals surface area contributed by atoms with E-state index in [4.69, 9.17) is 23.2 Å². The Balaban J connectivity index is 2.24. The maximum absolute atomic E-state index is 6.31. The first-order valence-corrected chi connectivity index (χ1v) is 6.58. The highest BCUT2D eigenvalue weighted by Gasteiger charge is 2.08. The number of nitrogens with zero attached hydrogens (tertiary/aromatic N) is 1. The molecule has 0 saturated heterocycles. The number of halogens is 2. The van der Waals surface area contributed by atoms with Gasteiger partial charge in [-0.3, -0.25) is 0 Å². The number of aromatic nitrogens is 1. The highest BCUT2D eigenvalue weighted by Crippen LogP contribution is 2.32. The summed E-state index contributed by atoms with van der Waals surface area (Å²) in [5.41, 5.74) is 3.61. The second-order valence-electron chi connectivity index (χ2n) is 4.32. The van der Waals surface area contributed by atoms with E-state index < -0.39 is 0 Å². The van der Waals surface area contributed by atoms with Crippen molar-refractivity contribution in [3.05, 3.63) is 71.1 Å². The lowest BCUT2D eigenvalue weighted by atomic mass is 10.1. The number of fused-ring (bicyclic) bond motifs is 1. The summed E-state index contributed by atoms with van der Waals surface area (Å²) < 4.78 is 0. The SMILES string of the molecule is [CH2]c1ccc(-c2cc(Cl)c3c(Cl)cccc3n2)cc1. The fraction of sp³-hybridized carbons (Fsp3) is 0. The Morgan fingerprint density at radius 1 is 0.895 bits per heavy atom. The minimum atomic E-state index is 0.615. The number of rotatable bonds is 1. The Kier molecular flexibility index (Phi) is 3.17. The van der Waals surface area contributed by atoms with Gasteiger partial charge in [0.25, 0.3) is 0 Å². The summed E-state index contributed by atoms with van der Waals surface area (Å²) in [4.78, 5) is 4.61. The quantitative estimate of drug-likeness (QED) is 0.584. The maximum Gasteiger partial charge on any atom is 0.0739 e. The lowest BCUT2D eigenvalue weighted by Gasteiger charge is -2.07. The van der Waals surface area contributed by atoms with Crippen molar-refractivity contribution in [2.75, 3.05) is 0 Å². The van der Waals surface area contributed by atoms with E-state index in [0.717, 1.165) is 27.7 Å². The van der Waals surface area contributed by atoms with Crippen molar-refractivity contribution >= 4 is 34.1 Å². The molecule has 1 heterocycles. The standard InChI is InChI=1S/C16H10Cl2N/c1-10-5-7-11(8-6-10)15-9-13(18)16-12(17)3-2-4-14(16)19-15/h2-9H,1H2. The van der Waals surface area contributed by atoms with Crippen molar-refractivity contribution in [2.24, 2.45) is 0 Å². The van der Waals surface area contributed by atoms with E-state index in [0.29, 0.717) is 10.0 Å². The van der Waals surface area contributed by atoms with Crippen LogP contribution in [-0.2, 0) is 0 Å². The van der Waals surface area contributed by atoms with Crippen molar-refractivity contribution in [1.29, 1.82) is 0 Å². The van der Waals surface area contributed by atoms with Crippen molar-refractivity contribution < 1.29 is 0 Å². The fourth-order valence-electron chi connectivity index (χ4n) is 2.02. The normalized spacial score (nSPS) is 10.9. The molecule has 2 aromatic carbocycles. The molecule has 0 saturated carbocycles. The monoisotopic (exact) mass is 286 g/mol. The van der Waals surface area contributed by atoms with E-state index in [-0.39, 0.29) is 0 Å². The zero-order valence-corrected chi connectivity index (χ0v) is 11.5. The predicted octanol–water partition coefficient (Wildman–Crippen LogP) is 5.39. The van der Waals surface area contributed by atoms with Gasteiger partial charge in [-0.1, -0.05) is 53.5 Å². The second kappa shape index (κ2) is 4.84. The molecule has 1 nitrogen and oxygen atoms in total. The van der Waals surface area contributed by atoms with Crippen LogP contribution in [0.4, 0.5) is 0 Å². The molecule has 0 aliphatic carbocycles. The average molecular weight is 287 g/mol. The smallest absolute Gasteiger partial charge is 0.0739 e. The third-order valence-corrected chi connectivity index (χ3v) is 3.60. The Morgan fingerprint density at radius 3 is 2.37 bits per heavy atom. The molecule has 3 aromatic rings. The lowest BCUT2D eigenvalue weighted by Crippen LogP contribution is -1.87. The molecule has 0 atom stereocenters. The fourth-order valence-corrected chi connectivity index (χ4v) is 2.64. The molecule has 3 rings (SSSR count). The molecule has 19 heavy (non-hydrogen) atoms. The van der Waals surface area contributed by atoms with Gasteiger partial charge >= 0.3 is 0 Å². The molecule has 93 valence electrons. The number of benzene rings is 2. The topological polar surface area (TPSA) is 12.9 Å². The largest absolute Gasteiger partial charge is 0.248 e. The van der Waals surface area contributed by atoms with Gasteiger partial charge < -0.3 is 0 Å². The van der Waals surface area contributed by atoms with Gasteiger partial charge in [-0.25, -0.2) is 4.98 Å². The number of pyridine rings is 1. The summed E-state index contributed by atoms with van der Waals surface area (Å²) in [6.07, 6.45) is 0. The molecule has 0 amide bonds. The van der Waals surface area contributed by atoms with Crippen LogP contribution in [0.15, 0.2) is 48.5 Å². The number of hydrogen-bond acceptors (Lipinski definition) is 1. The second-order valence-corrected chi connectivity index (χ2v) is 5.13. The molecular formula is C16H10Cl2N. The van der Waals surface area contributed by atoms with Gasteiger partial charge in [0, 0.05) is 10.9 Å². The molecule has 3 heteroatoms. The van der Waals surface area contributed by atoms with Crippen molar-refractivity contribution in [1.82, 2.24) is 4.98 Å². The summed E-state index contributed by atoms with van der Waals surface area (Å²) >= 11 is 12.5. The Hall–Kier alpha value is -1.57. The van der Waals surface area contributed by atoms with Gasteiger partial charge in [0.2, 0.25) is 0 Å². The van der Waals surface area contributed by atoms with Gasteiger partial charge in [-0.15, -0.1) is 0 Å². The summed E-state index contributed by atoms with van der Waals surface area (Å²) in [6, 6.07) is 15.3. The van der Waals surface area contributed by atoms with E-state index in [1.165, 1.54) is 0 Å². The Labute approximate surface area is 121 Å². The molecule has 0 unspecified atom stereocenters. The third-order valence-electron chi connectivity index (χ3n) is 2.98. The third kappa shape index (κ3) is 2.32. The molecular weight excluding hydrogens is 277 g/mol. The van der Waals surface area contributed by atoms with Crippen LogP contribution >= 0.6 is 23.2 Å². The molecule has 0 N–H and O–H groups in total.